The molecule has 1 aromatic carbocycles. The lowest BCUT2D eigenvalue weighted by Gasteiger charge is -2.24. The Morgan fingerprint density at radius 3 is 2.27 bits per heavy atom. The molecule has 0 aliphatic carbocycles. The molecule has 0 unspecified atom stereocenters. The van der Waals surface area contributed by atoms with Crippen molar-refractivity contribution in [3.05, 3.63) is 40.9 Å². The average molecular weight is 326 g/mol. The summed E-state index contributed by atoms with van der Waals surface area (Å²) < 4.78 is 9.78. The van der Waals surface area contributed by atoms with E-state index >= 15 is 0 Å². The molecule has 0 radical (unpaired) electrons. The predicted molar refractivity (Wildman–Crippen MR) is 85.8 cm³/mol. The lowest BCUT2D eigenvalue weighted by atomic mass is 10.2. The molecule has 0 saturated heterocycles. The van der Waals surface area contributed by atoms with Crippen LogP contribution in [0.25, 0.3) is 6.08 Å². The van der Waals surface area contributed by atoms with Gasteiger partial charge in [0.25, 0.3) is 0 Å². The van der Waals surface area contributed by atoms with E-state index in [1.165, 1.54) is 7.11 Å². The fourth-order valence-corrected chi connectivity index (χ4v) is 1.64. The lowest BCUT2D eigenvalue weighted by Crippen LogP contribution is -2.40. The lowest BCUT2D eigenvalue weighted by molar-refractivity contribution is 0.0267. The van der Waals surface area contributed by atoms with Crippen LogP contribution in [0, 0.1) is 0 Å². The van der Waals surface area contributed by atoms with Crippen LogP contribution in [0.5, 0.6) is 0 Å². The molecule has 0 atom stereocenters. The van der Waals surface area contributed by atoms with E-state index in [2.05, 4.69) is 4.74 Å². The largest absolute Gasteiger partial charge is 0.452 e. The number of carbonyl (C=O) groups is 2. The smallest absolute Gasteiger partial charge is 0.420 e. The quantitative estimate of drug-likeness (QED) is 0.828. The molecule has 0 saturated carbocycles. The minimum Gasteiger partial charge on any atom is -0.452 e. The SMILES string of the molecule is COC(=O)N(C/C=C/c1ccc(Cl)cc1)C(=O)OC(C)(C)C. The van der Waals surface area contributed by atoms with Crippen molar-refractivity contribution < 1.29 is 19.1 Å². The molecule has 0 bridgehead atoms. The molecule has 0 N–H and O–H groups in total. The van der Waals surface area contributed by atoms with E-state index in [9.17, 15) is 9.59 Å². The zero-order chi connectivity index (χ0) is 16.8. The first-order valence-electron chi connectivity index (χ1n) is 6.73. The highest BCUT2D eigenvalue weighted by atomic mass is 35.5. The van der Waals surface area contributed by atoms with Gasteiger partial charge in [-0.25, -0.2) is 14.5 Å². The Morgan fingerprint density at radius 1 is 1.18 bits per heavy atom. The maximum atomic E-state index is 12.0. The Labute approximate surface area is 135 Å². The van der Waals surface area contributed by atoms with Crippen molar-refractivity contribution in [1.29, 1.82) is 0 Å². The topological polar surface area (TPSA) is 55.8 Å². The van der Waals surface area contributed by atoms with Crippen LogP contribution in [0.4, 0.5) is 9.59 Å². The molecule has 6 heteroatoms. The highest BCUT2D eigenvalue weighted by molar-refractivity contribution is 6.30. The number of rotatable bonds is 3. The number of hydrogen-bond acceptors (Lipinski definition) is 4. The summed E-state index contributed by atoms with van der Waals surface area (Å²) in [6.45, 7) is 5.22. The van der Waals surface area contributed by atoms with Crippen LogP contribution in [-0.2, 0) is 9.47 Å². The highest BCUT2D eigenvalue weighted by Gasteiger charge is 2.26. The molecule has 0 aromatic heterocycles. The summed E-state index contributed by atoms with van der Waals surface area (Å²) in [6, 6.07) is 7.17. The Balaban J connectivity index is 2.75. The molecule has 22 heavy (non-hydrogen) atoms. The van der Waals surface area contributed by atoms with Crippen molar-refractivity contribution in [1.82, 2.24) is 4.90 Å². The molecular formula is C16H20ClNO4. The predicted octanol–water partition coefficient (Wildman–Crippen LogP) is 4.36. The zero-order valence-electron chi connectivity index (χ0n) is 13.1. The molecule has 1 rings (SSSR count). The summed E-state index contributed by atoms with van der Waals surface area (Å²) >= 11 is 5.80. The van der Waals surface area contributed by atoms with Gasteiger partial charge in [0.1, 0.15) is 5.60 Å². The molecule has 120 valence electrons. The van der Waals surface area contributed by atoms with Gasteiger partial charge in [-0.15, -0.1) is 0 Å². The van der Waals surface area contributed by atoms with Crippen molar-refractivity contribution in [3.63, 3.8) is 0 Å². The van der Waals surface area contributed by atoms with Crippen LogP contribution in [0.2, 0.25) is 5.02 Å². The summed E-state index contributed by atoms with van der Waals surface area (Å²) in [7, 11) is 1.21. The number of halogens is 1. The minimum atomic E-state index is -0.769. The molecule has 5 nitrogen and oxygen atoms in total. The van der Waals surface area contributed by atoms with E-state index in [1.54, 1.807) is 45.1 Å². The van der Waals surface area contributed by atoms with Crippen molar-refractivity contribution in [2.24, 2.45) is 0 Å². The summed E-state index contributed by atoms with van der Waals surface area (Å²) in [6.07, 6.45) is 1.93. The van der Waals surface area contributed by atoms with Gasteiger partial charge in [-0.3, -0.25) is 0 Å². The van der Waals surface area contributed by atoms with Crippen LogP contribution >= 0.6 is 11.6 Å². The van der Waals surface area contributed by atoms with Crippen LogP contribution in [-0.4, -0.2) is 36.3 Å². The van der Waals surface area contributed by atoms with Gasteiger partial charge in [0, 0.05) is 5.02 Å². The van der Waals surface area contributed by atoms with Gasteiger partial charge in [-0.05, 0) is 38.5 Å². The number of amides is 2. The standard InChI is InChI=1S/C16H20ClNO4/c1-16(2,3)22-15(20)18(14(19)21-4)11-5-6-12-7-9-13(17)10-8-12/h5-10H,11H2,1-4H3/b6-5+. The first-order valence-corrected chi connectivity index (χ1v) is 7.11. The number of methoxy groups -OCH3 is 1. The Morgan fingerprint density at radius 2 is 1.77 bits per heavy atom. The maximum Gasteiger partial charge on any atom is 0.420 e. The highest BCUT2D eigenvalue weighted by Crippen LogP contribution is 2.12. The molecule has 1 aromatic rings. The molecule has 0 aliphatic rings. The molecule has 0 spiro atoms. The minimum absolute atomic E-state index is 0.0458. The van der Waals surface area contributed by atoms with Gasteiger partial charge in [-0.1, -0.05) is 35.9 Å². The third kappa shape index (κ3) is 6.18. The van der Waals surface area contributed by atoms with Gasteiger partial charge < -0.3 is 9.47 Å². The number of nitrogens with zero attached hydrogens (tertiary/aromatic N) is 1. The van der Waals surface area contributed by atoms with Crippen LogP contribution in [0.3, 0.4) is 0 Å². The van der Waals surface area contributed by atoms with E-state index in [0.29, 0.717) is 5.02 Å². The Hall–Kier alpha value is -2.01. The Kier molecular flexibility index (Phi) is 6.43. The molecule has 2 amide bonds. The summed E-state index contributed by atoms with van der Waals surface area (Å²) in [4.78, 5) is 24.6. The second-order valence-electron chi connectivity index (χ2n) is 5.51. The van der Waals surface area contributed by atoms with E-state index in [-0.39, 0.29) is 6.54 Å². The third-order valence-corrected chi connectivity index (χ3v) is 2.73. The summed E-state index contributed by atoms with van der Waals surface area (Å²) in [5.41, 5.74) is 0.210. The van der Waals surface area contributed by atoms with Crippen LogP contribution in [0.15, 0.2) is 30.3 Å². The fourth-order valence-electron chi connectivity index (χ4n) is 1.52. The Bertz CT molecular complexity index is 546. The monoisotopic (exact) mass is 325 g/mol. The van der Waals surface area contributed by atoms with Crippen LogP contribution < -0.4 is 0 Å². The van der Waals surface area contributed by atoms with Gasteiger partial charge in [0.2, 0.25) is 0 Å². The van der Waals surface area contributed by atoms with E-state index < -0.39 is 17.8 Å². The van der Waals surface area contributed by atoms with Crippen LogP contribution in [0.1, 0.15) is 26.3 Å². The van der Waals surface area contributed by atoms with Gasteiger partial charge in [0.05, 0.1) is 13.7 Å². The second kappa shape index (κ2) is 7.84. The second-order valence-corrected chi connectivity index (χ2v) is 5.95. The normalized spacial score (nSPS) is 11.3. The van der Waals surface area contributed by atoms with Gasteiger partial charge in [-0.2, -0.15) is 0 Å². The first-order chi connectivity index (χ1) is 10.2. The van der Waals surface area contributed by atoms with E-state index in [4.69, 9.17) is 16.3 Å². The number of benzene rings is 1. The number of imide groups is 1. The van der Waals surface area contributed by atoms with Crippen molar-refractivity contribution >= 4 is 29.9 Å². The van der Waals surface area contributed by atoms with Gasteiger partial charge in [0.15, 0.2) is 0 Å². The maximum absolute atomic E-state index is 12.0. The molecule has 0 aliphatic heterocycles. The third-order valence-electron chi connectivity index (χ3n) is 2.48. The summed E-state index contributed by atoms with van der Waals surface area (Å²) in [5.74, 6) is 0. The number of carbonyl (C=O) groups excluding carboxylic acids is 2. The fraction of sp³-hybridized carbons (Fsp3) is 0.375. The van der Waals surface area contributed by atoms with E-state index in [1.807, 2.05) is 12.1 Å². The zero-order valence-corrected chi connectivity index (χ0v) is 13.9. The van der Waals surface area contributed by atoms with Gasteiger partial charge >= 0.3 is 12.2 Å². The van der Waals surface area contributed by atoms with Crippen molar-refractivity contribution in [3.8, 4) is 0 Å². The molecule has 0 fully saturated rings. The molecule has 0 heterocycles. The molecular weight excluding hydrogens is 306 g/mol. The number of ether oxygens (including phenoxy) is 2. The van der Waals surface area contributed by atoms with Crippen molar-refractivity contribution in [2.45, 2.75) is 26.4 Å². The van der Waals surface area contributed by atoms with E-state index in [0.717, 1.165) is 10.5 Å². The number of hydrogen-bond donors (Lipinski definition) is 0. The first kappa shape index (κ1) is 18.0. The van der Waals surface area contributed by atoms with Crippen molar-refractivity contribution in [2.75, 3.05) is 13.7 Å². The summed E-state index contributed by atoms with van der Waals surface area (Å²) in [5, 5.41) is 0.641. The average Bonchev–Trinajstić information content (AvgIpc) is 2.42.